The molecule has 4 aromatic carbocycles. The third-order valence-electron chi connectivity index (χ3n) is 14.2. The summed E-state index contributed by atoms with van der Waals surface area (Å²) in [6.07, 6.45) is 12.7. The van der Waals surface area contributed by atoms with Gasteiger partial charge in [0, 0.05) is 63.9 Å². The van der Waals surface area contributed by atoms with Crippen LogP contribution >= 0.6 is 0 Å². The minimum Gasteiger partial charge on any atom is -0.457 e. The number of hydrogen-bond donors (Lipinski definition) is 0. The van der Waals surface area contributed by atoms with E-state index in [4.69, 9.17) is 14.7 Å². The number of anilines is 2. The lowest BCUT2D eigenvalue weighted by Gasteiger charge is -2.62. The molecule has 0 N–H and O–H groups in total. The van der Waals surface area contributed by atoms with Crippen molar-refractivity contribution in [2.24, 2.45) is 23.7 Å². The highest BCUT2D eigenvalue weighted by molar-refractivity contribution is 6.09. The normalized spacial score (nSPS) is 23.2. The highest BCUT2D eigenvalue weighted by Crippen LogP contribution is 2.65. The average Bonchev–Trinajstić information content (AvgIpc) is 3.73. The zero-order chi connectivity index (χ0) is 37.8. The van der Waals surface area contributed by atoms with Crippen LogP contribution < -0.4 is 9.64 Å². The van der Waals surface area contributed by atoms with E-state index in [1.165, 1.54) is 48.9 Å². The molecule has 4 aliphatic carbocycles. The van der Waals surface area contributed by atoms with Crippen molar-refractivity contribution >= 4 is 33.2 Å². The van der Waals surface area contributed by atoms with Gasteiger partial charge in [-0.1, -0.05) is 48.5 Å². The van der Waals surface area contributed by atoms with Crippen LogP contribution in [0.15, 0.2) is 134 Å². The fraction of sp³-hybridized carbons (Fsp3) is 0.260. The molecular weight excluding hydrogens is 701 g/mol. The Morgan fingerprint density at radius 3 is 2.30 bits per heavy atom. The molecule has 4 saturated carbocycles. The lowest BCUT2D eigenvalue weighted by atomic mass is 9.42. The van der Waals surface area contributed by atoms with Crippen molar-refractivity contribution in [3.8, 4) is 28.7 Å². The molecule has 13 rings (SSSR count). The first kappa shape index (κ1) is 33.0. The summed E-state index contributed by atoms with van der Waals surface area (Å²) >= 11 is 0. The lowest BCUT2D eigenvalue weighted by molar-refractivity contribution is -0.0418. The summed E-state index contributed by atoms with van der Waals surface area (Å²) in [4.78, 5) is 17.0. The van der Waals surface area contributed by atoms with E-state index in [2.05, 4.69) is 148 Å². The van der Waals surface area contributed by atoms with Crippen LogP contribution in [0.25, 0.3) is 39.0 Å². The van der Waals surface area contributed by atoms with Gasteiger partial charge in [0.2, 0.25) is 0 Å². The van der Waals surface area contributed by atoms with E-state index in [0.29, 0.717) is 18.5 Å². The Hall–Kier alpha value is -6.21. The van der Waals surface area contributed by atoms with Gasteiger partial charge in [-0.15, -0.1) is 0 Å². The molecule has 280 valence electrons. The summed E-state index contributed by atoms with van der Waals surface area (Å²) in [5, 5.41) is 2.24. The van der Waals surface area contributed by atoms with Gasteiger partial charge in [-0.2, -0.15) is 0 Å². The average molecular weight is 745 g/mol. The molecule has 0 amide bonds. The van der Waals surface area contributed by atoms with Gasteiger partial charge in [0.1, 0.15) is 29.8 Å². The SMILES string of the molecule is Cc1nc2n(c1C)CN(c1cccc(Oc3ccc4c5cnccc5n(-c5cc(C6(c7ccccc7)C7CC8CC(C7)CC6C8)ccn5)c4c3)c1)c1ccccc1-2. The van der Waals surface area contributed by atoms with Gasteiger partial charge in [0.05, 0.1) is 22.4 Å². The molecule has 0 radical (unpaired) electrons. The van der Waals surface area contributed by atoms with Crippen LogP contribution in [0.4, 0.5) is 11.4 Å². The van der Waals surface area contributed by atoms with Gasteiger partial charge in [-0.05, 0) is 135 Å². The summed E-state index contributed by atoms with van der Waals surface area (Å²) in [5.74, 6) is 6.58. The van der Waals surface area contributed by atoms with E-state index in [1.807, 2.05) is 18.5 Å². The van der Waals surface area contributed by atoms with Crippen LogP contribution in [0, 0.1) is 37.5 Å². The van der Waals surface area contributed by atoms with Gasteiger partial charge in [-0.25, -0.2) is 9.97 Å². The van der Waals surface area contributed by atoms with Crippen LogP contribution in [0.2, 0.25) is 0 Å². The molecule has 0 spiro atoms. The molecule has 0 unspecified atom stereocenters. The molecule has 0 saturated heterocycles. The maximum absolute atomic E-state index is 6.75. The predicted octanol–water partition coefficient (Wildman–Crippen LogP) is 11.7. The quantitative estimate of drug-likeness (QED) is 0.170. The van der Waals surface area contributed by atoms with Crippen LogP contribution in [-0.4, -0.2) is 24.1 Å². The molecule has 4 fully saturated rings. The van der Waals surface area contributed by atoms with Crippen LogP contribution in [0.1, 0.15) is 54.6 Å². The summed E-state index contributed by atoms with van der Waals surface area (Å²) < 4.78 is 11.4. The molecule has 4 aromatic heterocycles. The fourth-order valence-corrected chi connectivity index (χ4v) is 11.9. The Bertz CT molecular complexity index is 2840. The number of hydrogen-bond acceptors (Lipinski definition) is 5. The lowest BCUT2D eigenvalue weighted by Crippen LogP contribution is -2.56. The summed E-state index contributed by atoms with van der Waals surface area (Å²) in [5.41, 5.74) is 10.6. The first-order valence-electron chi connectivity index (χ1n) is 20.6. The molecule has 5 heterocycles. The number of aromatic nitrogens is 5. The molecule has 5 aliphatic rings. The first-order valence-corrected chi connectivity index (χ1v) is 20.6. The van der Waals surface area contributed by atoms with Crippen LogP contribution in [0.5, 0.6) is 11.5 Å². The summed E-state index contributed by atoms with van der Waals surface area (Å²) in [7, 11) is 0. The number of ether oxygens (including phenoxy) is 1. The number of imidazole rings is 1. The Morgan fingerprint density at radius 1 is 0.667 bits per heavy atom. The van der Waals surface area contributed by atoms with E-state index in [1.54, 1.807) is 0 Å². The maximum atomic E-state index is 6.75. The second-order valence-electron chi connectivity index (χ2n) is 17.1. The minimum absolute atomic E-state index is 0.00218. The van der Waals surface area contributed by atoms with E-state index in [0.717, 1.165) is 79.4 Å². The molecule has 57 heavy (non-hydrogen) atoms. The molecule has 8 aromatic rings. The zero-order valence-corrected chi connectivity index (χ0v) is 32.3. The predicted molar refractivity (Wildman–Crippen MR) is 226 cm³/mol. The largest absolute Gasteiger partial charge is 0.457 e. The maximum Gasteiger partial charge on any atom is 0.144 e. The summed E-state index contributed by atoms with van der Waals surface area (Å²) in [6.45, 7) is 4.92. The van der Waals surface area contributed by atoms with E-state index >= 15 is 0 Å². The van der Waals surface area contributed by atoms with Gasteiger partial charge in [-0.3, -0.25) is 9.55 Å². The van der Waals surface area contributed by atoms with Crippen molar-refractivity contribution in [3.63, 3.8) is 0 Å². The highest BCUT2D eigenvalue weighted by atomic mass is 16.5. The molecule has 1 aliphatic heterocycles. The Kier molecular flexibility index (Phi) is 7.17. The van der Waals surface area contributed by atoms with E-state index < -0.39 is 0 Å². The van der Waals surface area contributed by atoms with Crippen molar-refractivity contribution in [1.29, 1.82) is 0 Å². The summed E-state index contributed by atoms with van der Waals surface area (Å²) in [6, 6.07) is 41.7. The number of para-hydroxylation sites is 1. The number of aryl methyl sites for hydroxylation is 1. The molecule has 7 heteroatoms. The molecule has 0 atom stereocenters. The van der Waals surface area contributed by atoms with Crippen molar-refractivity contribution in [1.82, 2.24) is 24.1 Å². The number of rotatable bonds is 6. The van der Waals surface area contributed by atoms with Gasteiger partial charge in [0.25, 0.3) is 0 Å². The number of fused-ring (bicyclic) bond motifs is 6. The fourth-order valence-electron chi connectivity index (χ4n) is 11.9. The van der Waals surface area contributed by atoms with E-state index in [-0.39, 0.29) is 5.41 Å². The molecule has 4 bridgehead atoms. The Labute approximate surface area is 332 Å². The van der Waals surface area contributed by atoms with Crippen molar-refractivity contribution in [2.75, 3.05) is 4.90 Å². The Balaban J connectivity index is 0.947. The topological polar surface area (TPSA) is 61.0 Å². The van der Waals surface area contributed by atoms with Crippen molar-refractivity contribution in [3.05, 3.63) is 156 Å². The number of pyridine rings is 2. The second-order valence-corrected chi connectivity index (χ2v) is 17.1. The van der Waals surface area contributed by atoms with Crippen molar-refractivity contribution in [2.45, 2.75) is 58.0 Å². The molecular formula is C50H44N6O. The van der Waals surface area contributed by atoms with Gasteiger partial charge < -0.3 is 14.2 Å². The number of nitrogens with zero attached hydrogens (tertiary/aromatic N) is 6. The second kappa shape index (κ2) is 12.4. The minimum atomic E-state index is -0.00218. The monoisotopic (exact) mass is 744 g/mol. The highest BCUT2D eigenvalue weighted by Gasteiger charge is 2.58. The number of benzene rings is 4. The smallest absolute Gasteiger partial charge is 0.144 e. The zero-order valence-electron chi connectivity index (χ0n) is 32.3. The van der Waals surface area contributed by atoms with E-state index in [9.17, 15) is 0 Å². The van der Waals surface area contributed by atoms with Gasteiger partial charge >= 0.3 is 0 Å². The Morgan fingerprint density at radius 2 is 1.46 bits per heavy atom. The van der Waals surface area contributed by atoms with Crippen molar-refractivity contribution < 1.29 is 4.74 Å². The van der Waals surface area contributed by atoms with Crippen LogP contribution in [0.3, 0.4) is 0 Å². The third-order valence-corrected chi connectivity index (χ3v) is 14.2. The third kappa shape index (κ3) is 4.87. The standard InChI is InChI=1S/C50H44N6O/c1-31-32(2)54-30-55(45-14-7-6-13-43(45)49(54)53-31)39-11-8-12-40(27-39)57-41-15-16-42-44-29-51-19-18-46(44)56(47(42)28-41)48-26-36(17-20-52-48)50(35-9-4-3-5-10-35)37-22-33-21-34(24-37)25-38(50)23-33/h3-20,26-29,33-34,37-38H,21-25,30H2,1-2H3. The molecule has 7 nitrogen and oxygen atoms in total. The van der Waals surface area contributed by atoms with Crippen LogP contribution in [-0.2, 0) is 12.1 Å². The van der Waals surface area contributed by atoms with Gasteiger partial charge in [0.15, 0.2) is 0 Å². The first-order chi connectivity index (χ1) is 28.0.